The van der Waals surface area contributed by atoms with Gasteiger partial charge in [-0.25, -0.2) is 0 Å². The summed E-state index contributed by atoms with van der Waals surface area (Å²) in [6, 6.07) is 17.1. The van der Waals surface area contributed by atoms with Crippen LogP contribution in [0.3, 0.4) is 0 Å². The summed E-state index contributed by atoms with van der Waals surface area (Å²) in [5.74, 6) is 0.00435. The van der Waals surface area contributed by atoms with Crippen LogP contribution in [0.1, 0.15) is 28.4 Å². The Hall–Kier alpha value is -2.39. The minimum absolute atomic E-state index is 0.00435. The summed E-state index contributed by atoms with van der Waals surface area (Å²) in [5, 5.41) is 9.04. The fourth-order valence-electron chi connectivity index (χ4n) is 2.17. The molecule has 0 saturated carbocycles. The lowest BCUT2D eigenvalue weighted by molar-refractivity contribution is 0.0782. The maximum Gasteiger partial charge on any atom is 0.254 e. The van der Waals surface area contributed by atoms with E-state index in [2.05, 4.69) is 0 Å². The van der Waals surface area contributed by atoms with Gasteiger partial charge in [-0.2, -0.15) is 0 Å². The van der Waals surface area contributed by atoms with Crippen LogP contribution in [-0.2, 0) is 6.61 Å². The second-order valence-electron chi connectivity index (χ2n) is 5.01. The number of aliphatic hydroxyl groups excluding tert-OH is 1. The Morgan fingerprint density at radius 2 is 1.77 bits per heavy atom. The first-order chi connectivity index (χ1) is 10.7. The number of hydrogen-bond acceptors (Lipinski definition) is 2. The number of nitrogens with zero attached hydrogens (tertiary/aromatic N) is 1. The van der Waals surface area contributed by atoms with Gasteiger partial charge in [0.05, 0.1) is 6.61 Å². The van der Waals surface area contributed by atoms with Gasteiger partial charge in [0.2, 0.25) is 0 Å². The van der Waals surface area contributed by atoms with Crippen LogP contribution in [0.4, 0.5) is 0 Å². The molecular formula is C19H21NO2. The Morgan fingerprint density at radius 3 is 2.36 bits per heavy atom. The van der Waals surface area contributed by atoms with Gasteiger partial charge < -0.3 is 10.0 Å². The summed E-state index contributed by atoms with van der Waals surface area (Å²) >= 11 is 0. The molecule has 2 aromatic rings. The van der Waals surface area contributed by atoms with Gasteiger partial charge in [-0.05, 0) is 30.2 Å². The van der Waals surface area contributed by atoms with E-state index in [1.807, 2.05) is 49.4 Å². The van der Waals surface area contributed by atoms with Crippen molar-refractivity contribution in [2.45, 2.75) is 13.5 Å². The largest absolute Gasteiger partial charge is 0.392 e. The van der Waals surface area contributed by atoms with Crippen molar-refractivity contribution < 1.29 is 9.90 Å². The molecule has 0 radical (unpaired) electrons. The zero-order chi connectivity index (χ0) is 15.8. The second kappa shape index (κ2) is 8.15. The van der Waals surface area contributed by atoms with Gasteiger partial charge in [0.25, 0.3) is 5.91 Å². The third-order valence-electron chi connectivity index (χ3n) is 3.49. The Bertz CT molecular complexity index is 618. The summed E-state index contributed by atoms with van der Waals surface area (Å²) in [6.45, 7) is 3.19. The summed E-state index contributed by atoms with van der Waals surface area (Å²) in [6.07, 6.45) is 4.02. The Morgan fingerprint density at radius 1 is 1.09 bits per heavy atom. The van der Waals surface area contributed by atoms with Crippen LogP contribution >= 0.6 is 0 Å². The highest BCUT2D eigenvalue weighted by Crippen LogP contribution is 2.09. The molecule has 114 valence electrons. The average molecular weight is 295 g/mol. The first kappa shape index (κ1) is 16.0. The second-order valence-corrected chi connectivity index (χ2v) is 5.01. The Kier molecular flexibility index (Phi) is 5.92. The molecule has 0 heterocycles. The lowest BCUT2D eigenvalue weighted by Crippen LogP contribution is -2.30. The number of carbonyl (C=O) groups is 1. The van der Waals surface area contributed by atoms with E-state index in [1.165, 1.54) is 0 Å². The fraction of sp³-hybridized carbons (Fsp3) is 0.211. The van der Waals surface area contributed by atoms with E-state index in [9.17, 15) is 4.79 Å². The van der Waals surface area contributed by atoms with Crippen LogP contribution in [0.15, 0.2) is 60.7 Å². The van der Waals surface area contributed by atoms with Gasteiger partial charge >= 0.3 is 0 Å². The van der Waals surface area contributed by atoms with E-state index < -0.39 is 0 Å². The van der Waals surface area contributed by atoms with E-state index in [4.69, 9.17) is 5.11 Å². The molecule has 3 heteroatoms. The van der Waals surface area contributed by atoms with Crippen LogP contribution in [0.5, 0.6) is 0 Å². The van der Waals surface area contributed by atoms with Gasteiger partial charge in [-0.1, -0.05) is 54.6 Å². The van der Waals surface area contributed by atoms with Crippen molar-refractivity contribution in [1.29, 1.82) is 0 Å². The van der Waals surface area contributed by atoms with Crippen LogP contribution in [0, 0.1) is 0 Å². The molecule has 0 spiro atoms. The van der Waals surface area contributed by atoms with Crippen LogP contribution in [-0.4, -0.2) is 29.0 Å². The first-order valence-electron chi connectivity index (χ1n) is 7.45. The van der Waals surface area contributed by atoms with E-state index >= 15 is 0 Å². The highest BCUT2D eigenvalue weighted by atomic mass is 16.3. The molecule has 0 atom stereocenters. The van der Waals surface area contributed by atoms with Gasteiger partial charge in [-0.15, -0.1) is 0 Å². The average Bonchev–Trinajstić information content (AvgIpc) is 2.59. The molecule has 0 aliphatic rings. The van der Waals surface area contributed by atoms with Crippen molar-refractivity contribution in [3.63, 3.8) is 0 Å². The molecule has 0 unspecified atom stereocenters. The van der Waals surface area contributed by atoms with Crippen LogP contribution in [0.25, 0.3) is 6.08 Å². The molecule has 0 saturated heterocycles. The molecule has 22 heavy (non-hydrogen) atoms. The number of carbonyl (C=O) groups excluding carboxylic acids is 1. The number of hydrogen-bond donors (Lipinski definition) is 1. The minimum atomic E-state index is -0.00816. The molecule has 0 bridgehead atoms. The molecular weight excluding hydrogens is 274 g/mol. The molecule has 2 aromatic carbocycles. The molecule has 1 amide bonds. The maximum atomic E-state index is 12.4. The number of rotatable bonds is 6. The predicted octanol–water partition coefficient (Wildman–Crippen LogP) is 3.35. The topological polar surface area (TPSA) is 40.5 Å². The van der Waals surface area contributed by atoms with Crippen molar-refractivity contribution in [3.05, 3.63) is 77.4 Å². The minimum Gasteiger partial charge on any atom is -0.392 e. The number of amides is 1. The predicted molar refractivity (Wildman–Crippen MR) is 89.4 cm³/mol. The molecule has 1 N–H and O–H groups in total. The van der Waals surface area contributed by atoms with Crippen LogP contribution in [0.2, 0.25) is 0 Å². The van der Waals surface area contributed by atoms with E-state index in [0.717, 1.165) is 11.1 Å². The number of likely N-dealkylation sites (N-methyl/N-ethyl adjacent to an activating group) is 1. The molecule has 0 aromatic heterocycles. The van der Waals surface area contributed by atoms with Crippen molar-refractivity contribution >= 4 is 12.0 Å². The number of aliphatic hydroxyl groups is 1. The van der Waals surface area contributed by atoms with Crippen molar-refractivity contribution in [1.82, 2.24) is 4.90 Å². The van der Waals surface area contributed by atoms with E-state index in [-0.39, 0.29) is 12.5 Å². The quantitative estimate of drug-likeness (QED) is 0.888. The van der Waals surface area contributed by atoms with Gasteiger partial charge in [0.1, 0.15) is 0 Å². The summed E-state index contributed by atoms with van der Waals surface area (Å²) < 4.78 is 0. The highest BCUT2D eigenvalue weighted by molar-refractivity contribution is 5.94. The van der Waals surface area contributed by atoms with E-state index in [0.29, 0.717) is 18.7 Å². The number of benzene rings is 2. The smallest absolute Gasteiger partial charge is 0.254 e. The molecule has 0 fully saturated rings. The van der Waals surface area contributed by atoms with Crippen molar-refractivity contribution in [2.75, 3.05) is 13.1 Å². The summed E-state index contributed by atoms with van der Waals surface area (Å²) in [5.41, 5.74) is 2.58. The molecule has 3 nitrogen and oxygen atoms in total. The van der Waals surface area contributed by atoms with Gasteiger partial charge in [0.15, 0.2) is 0 Å². The lowest BCUT2D eigenvalue weighted by Gasteiger charge is -2.19. The Balaban J connectivity index is 2.00. The first-order valence-corrected chi connectivity index (χ1v) is 7.45. The third kappa shape index (κ3) is 4.30. The van der Waals surface area contributed by atoms with E-state index in [1.54, 1.807) is 29.2 Å². The van der Waals surface area contributed by atoms with Gasteiger partial charge in [0, 0.05) is 18.7 Å². The molecule has 0 aliphatic heterocycles. The Labute approximate surface area is 131 Å². The third-order valence-corrected chi connectivity index (χ3v) is 3.49. The maximum absolute atomic E-state index is 12.4. The standard InChI is InChI=1S/C19H21NO2/c1-2-20(14-6-9-16-7-4-3-5-8-16)19(22)18-12-10-17(15-21)11-13-18/h3-13,21H,2,14-15H2,1H3. The van der Waals surface area contributed by atoms with Crippen molar-refractivity contribution in [2.24, 2.45) is 0 Å². The molecule has 2 rings (SSSR count). The fourth-order valence-corrected chi connectivity index (χ4v) is 2.17. The lowest BCUT2D eigenvalue weighted by atomic mass is 10.1. The summed E-state index contributed by atoms with van der Waals surface area (Å²) in [4.78, 5) is 14.2. The van der Waals surface area contributed by atoms with Gasteiger partial charge in [-0.3, -0.25) is 4.79 Å². The normalized spacial score (nSPS) is 10.8. The zero-order valence-corrected chi connectivity index (χ0v) is 12.8. The van der Waals surface area contributed by atoms with Crippen LogP contribution < -0.4 is 0 Å². The SMILES string of the molecule is CCN(CC=Cc1ccccc1)C(=O)c1ccc(CO)cc1. The van der Waals surface area contributed by atoms with Crippen molar-refractivity contribution in [3.8, 4) is 0 Å². The summed E-state index contributed by atoms with van der Waals surface area (Å²) in [7, 11) is 0. The highest BCUT2D eigenvalue weighted by Gasteiger charge is 2.12. The zero-order valence-electron chi connectivity index (χ0n) is 12.8. The molecule has 0 aliphatic carbocycles. The monoisotopic (exact) mass is 295 g/mol.